The zero-order valence-corrected chi connectivity index (χ0v) is 25.6. The third-order valence-corrected chi connectivity index (χ3v) is 8.17. The number of hydrogen-bond acceptors (Lipinski definition) is 10. The number of nitrogens with zero attached hydrogens (tertiary/aromatic N) is 6. The number of carbonyl (C=O) groups excluding carboxylic acids is 2. The molecule has 0 aliphatic carbocycles. The lowest BCUT2D eigenvalue weighted by atomic mass is 9.92. The second-order valence-corrected chi connectivity index (χ2v) is 10.9. The molecule has 1 fully saturated rings. The number of fused-ring (bicyclic) bond motifs is 3. The molecule has 1 amide bonds. The van der Waals surface area contributed by atoms with Gasteiger partial charge in [-0.2, -0.15) is 4.52 Å². The van der Waals surface area contributed by atoms with Crippen molar-refractivity contribution in [2.45, 2.75) is 38.3 Å². The van der Waals surface area contributed by atoms with Gasteiger partial charge in [0.05, 0.1) is 32.3 Å². The summed E-state index contributed by atoms with van der Waals surface area (Å²) in [7, 11) is 4.34. The van der Waals surface area contributed by atoms with E-state index in [1.165, 1.54) is 30.0 Å². The number of methoxy groups -OCH3 is 3. The highest BCUT2D eigenvalue weighted by atomic mass is 19.1. The Kier molecular flexibility index (Phi) is 8.35. The van der Waals surface area contributed by atoms with Crippen LogP contribution >= 0.6 is 0 Å². The van der Waals surface area contributed by atoms with Crippen molar-refractivity contribution in [1.82, 2.24) is 29.5 Å². The summed E-state index contributed by atoms with van der Waals surface area (Å²) in [4.78, 5) is 41.1. The molecule has 1 aliphatic heterocycles. The van der Waals surface area contributed by atoms with Crippen molar-refractivity contribution in [2.75, 3.05) is 33.2 Å². The number of hydrogen-bond donors (Lipinski definition) is 1. The largest absolute Gasteiger partial charge is 0.497 e. The number of benzene rings is 2. The lowest BCUT2D eigenvalue weighted by Crippen LogP contribution is -2.45. The summed E-state index contributed by atoms with van der Waals surface area (Å²) in [6, 6.07) is 10.2. The van der Waals surface area contributed by atoms with Crippen LogP contribution in [0.2, 0.25) is 0 Å². The first-order valence-electron chi connectivity index (χ1n) is 14.6. The predicted octanol–water partition coefficient (Wildman–Crippen LogP) is 4.77. The molecule has 5 aromatic rings. The van der Waals surface area contributed by atoms with Gasteiger partial charge >= 0.3 is 5.97 Å². The minimum Gasteiger partial charge on any atom is -0.497 e. The van der Waals surface area contributed by atoms with E-state index in [1.807, 2.05) is 13.0 Å². The molecular weight excluding hydrogens is 600 g/mol. The predicted molar refractivity (Wildman–Crippen MR) is 163 cm³/mol. The van der Waals surface area contributed by atoms with Crippen LogP contribution in [0.4, 0.5) is 14.7 Å². The van der Waals surface area contributed by atoms with Crippen LogP contribution in [0.5, 0.6) is 11.5 Å². The van der Waals surface area contributed by atoms with Gasteiger partial charge in [-0.15, -0.1) is 5.10 Å². The Labute approximate surface area is 262 Å². The maximum atomic E-state index is 15.0. The van der Waals surface area contributed by atoms with Gasteiger partial charge < -0.3 is 24.4 Å². The van der Waals surface area contributed by atoms with E-state index in [0.717, 1.165) is 11.6 Å². The SMILES string of the molecule is COC(=O)c1cccnc1C(=O)N1C[C@H](c2nc3c4cc(F)cc(F)c4nc(NCc4ccc(OC)cc4OC)n3n2)CC[C@@H]1C. The van der Waals surface area contributed by atoms with Crippen LogP contribution in [-0.4, -0.2) is 75.3 Å². The number of esters is 1. The van der Waals surface area contributed by atoms with Gasteiger partial charge in [0, 0.05) is 48.9 Å². The first-order chi connectivity index (χ1) is 22.2. The lowest BCUT2D eigenvalue weighted by molar-refractivity contribution is 0.0555. The van der Waals surface area contributed by atoms with Gasteiger partial charge in [0.15, 0.2) is 17.3 Å². The molecular formula is C32H31F2N7O5. The average Bonchev–Trinajstić information content (AvgIpc) is 3.53. The quantitative estimate of drug-likeness (QED) is 0.239. The van der Waals surface area contributed by atoms with E-state index in [0.29, 0.717) is 30.2 Å². The number of likely N-dealkylation sites (tertiary alicyclic amines) is 1. The van der Waals surface area contributed by atoms with Crippen LogP contribution in [0.3, 0.4) is 0 Å². The normalized spacial score (nSPS) is 16.4. The van der Waals surface area contributed by atoms with Gasteiger partial charge in [0.25, 0.3) is 5.91 Å². The second kappa shape index (κ2) is 12.5. The van der Waals surface area contributed by atoms with Crippen molar-refractivity contribution in [3.63, 3.8) is 0 Å². The highest BCUT2D eigenvalue weighted by molar-refractivity contribution is 6.04. The molecule has 0 bridgehead atoms. The van der Waals surface area contributed by atoms with Crippen LogP contribution in [0, 0.1) is 11.6 Å². The monoisotopic (exact) mass is 631 g/mol. The molecule has 0 saturated carbocycles. The van der Waals surface area contributed by atoms with E-state index in [1.54, 1.807) is 37.3 Å². The van der Waals surface area contributed by atoms with Gasteiger partial charge in [0.1, 0.15) is 28.5 Å². The molecule has 2 atom stereocenters. The lowest BCUT2D eigenvalue weighted by Gasteiger charge is -2.37. The fraction of sp³-hybridized carbons (Fsp3) is 0.312. The molecule has 2 aromatic carbocycles. The summed E-state index contributed by atoms with van der Waals surface area (Å²) in [6.07, 6.45) is 2.71. The molecule has 3 aromatic heterocycles. The number of nitrogens with one attached hydrogen (secondary N) is 1. The minimum absolute atomic E-state index is 0.00796. The van der Waals surface area contributed by atoms with Crippen molar-refractivity contribution in [1.29, 1.82) is 0 Å². The molecule has 238 valence electrons. The van der Waals surface area contributed by atoms with Crippen molar-refractivity contribution >= 4 is 34.4 Å². The Morgan fingerprint density at radius 1 is 1.04 bits per heavy atom. The van der Waals surface area contributed by atoms with Crippen molar-refractivity contribution in [3.05, 3.63) is 82.9 Å². The summed E-state index contributed by atoms with van der Waals surface area (Å²) in [5.74, 6) is -1.28. The third-order valence-electron chi connectivity index (χ3n) is 8.17. The highest BCUT2D eigenvalue weighted by Crippen LogP contribution is 2.33. The van der Waals surface area contributed by atoms with E-state index >= 15 is 4.39 Å². The topological polar surface area (TPSA) is 133 Å². The Bertz CT molecular complexity index is 1970. The van der Waals surface area contributed by atoms with Crippen LogP contribution in [0.15, 0.2) is 48.7 Å². The number of aromatic nitrogens is 5. The molecule has 1 aliphatic rings. The van der Waals surface area contributed by atoms with Gasteiger partial charge in [0.2, 0.25) is 5.95 Å². The molecule has 4 heterocycles. The number of piperidine rings is 1. The van der Waals surface area contributed by atoms with Crippen molar-refractivity contribution in [2.24, 2.45) is 0 Å². The van der Waals surface area contributed by atoms with E-state index in [9.17, 15) is 14.0 Å². The molecule has 14 heteroatoms. The Hall–Kier alpha value is -5.40. The molecule has 0 radical (unpaired) electrons. The maximum Gasteiger partial charge on any atom is 0.340 e. The van der Waals surface area contributed by atoms with E-state index in [4.69, 9.17) is 24.3 Å². The standard InChI is InChI=1S/C32H31F2N7O5/c1-17-7-8-19(16-40(17)30(42)27-22(31(43)46-4)6-5-11-35-27)28-38-29-23-12-20(33)13-24(34)26(23)37-32(41(29)39-28)36-15-18-9-10-21(44-2)14-25(18)45-3/h5-6,9-14,17,19H,7-8,15-16H2,1-4H3,(H,36,37)/t17-,19+/m0/s1. The zero-order valence-electron chi connectivity index (χ0n) is 25.6. The summed E-state index contributed by atoms with van der Waals surface area (Å²) >= 11 is 0. The number of halogens is 2. The van der Waals surface area contributed by atoms with Crippen LogP contribution in [0.25, 0.3) is 16.6 Å². The van der Waals surface area contributed by atoms with E-state index < -0.39 is 23.5 Å². The van der Waals surface area contributed by atoms with Crippen LogP contribution < -0.4 is 14.8 Å². The number of rotatable bonds is 8. The summed E-state index contributed by atoms with van der Waals surface area (Å²) in [6.45, 7) is 2.38. The average molecular weight is 632 g/mol. The molecule has 12 nitrogen and oxygen atoms in total. The van der Waals surface area contributed by atoms with Crippen LogP contribution in [-0.2, 0) is 11.3 Å². The number of anilines is 1. The number of ether oxygens (including phenoxy) is 3. The van der Waals surface area contributed by atoms with Crippen molar-refractivity contribution in [3.8, 4) is 11.5 Å². The first-order valence-corrected chi connectivity index (χ1v) is 14.6. The first kappa shape index (κ1) is 30.6. The van der Waals surface area contributed by atoms with Gasteiger partial charge in [-0.1, -0.05) is 0 Å². The Balaban J connectivity index is 1.37. The molecule has 1 saturated heterocycles. The Morgan fingerprint density at radius 3 is 2.63 bits per heavy atom. The summed E-state index contributed by atoms with van der Waals surface area (Å²) in [5, 5.41) is 8.08. The smallest absolute Gasteiger partial charge is 0.340 e. The summed E-state index contributed by atoms with van der Waals surface area (Å²) in [5.41, 5.74) is 0.968. The fourth-order valence-corrected chi connectivity index (χ4v) is 5.70. The summed E-state index contributed by atoms with van der Waals surface area (Å²) < 4.78 is 46.5. The maximum absolute atomic E-state index is 15.0. The van der Waals surface area contributed by atoms with Crippen molar-refractivity contribution < 1.29 is 32.6 Å². The van der Waals surface area contributed by atoms with Gasteiger partial charge in [-0.25, -0.2) is 23.5 Å². The number of carbonyl (C=O) groups is 2. The highest BCUT2D eigenvalue weighted by Gasteiger charge is 2.35. The van der Waals surface area contributed by atoms with E-state index in [-0.39, 0.29) is 58.8 Å². The minimum atomic E-state index is -0.841. The molecule has 1 N–H and O–H groups in total. The molecule has 6 rings (SSSR count). The fourth-order valence-electron chi connectivity index (χ4n) is 5.70. The second-order valence-electron chi connectivity index (χ2n) is 10.9. The Morgan fingerprint density at radius 2 is 1.87 bits per heavy atom. The van der Waals surface area contributed by atoms with Crippen LogP contribution in [0.1, 0.15) is 57.9 Å². The third kappa shape index (κ3) is 5.61. The van der Waals surface area contributed by atoms with Gasteiger partial charge in [-0.3, -0.25) is 9.78 Å². The molecule has 0 unspecified atom stereocenters. The van der Waals surface area contributed by atoms with E-state index in [2.05, 4.69) is 15.3 Å². The number of pyridine rings is 1. The number of amides is 1. The zero-order chi connectivity index (χ0) is 32.5. The molecule has 0 spiro atoms. The van der Waals surface area contributed by atoms with Gasteiger partial charge in [-0.05, 0) is 50.1 Å². The molecule has 46 heavy (non-hydrogen) atoms.